The van der Waals surface area contributed by atoms with Crippen molar-refractivity contribution < 1.29 is 8.42 Å². The molecule has 96 valence electrons. The fourth-order valence-corrected chi connectivity index (χ4v) is 2.43. The number of hydrogen-bond acceptors (Lipinski definition) is 4. The Balaban J connectivity index is 2.39. The molecule has 0 aliphatic carbocycles. The number of aromatic nitrogens is 1. The van der Waals surface area contributed by atoms with E-state index in [-0.39, 0.29) is 5.75 Å². The predicted octanol–water partition coefficient (Wildman–Crippen LogP) is 1.04. The minimum Gasteiger partial charge on any atom is -0.317 e. The summed E-state index contributed by atoms with van der Waals surface area (Å²) in [5.41, 5.74) is 1.22. The van der Waals surface area contributed by atoms with Crippen LogP contribution < -0.4 is 5.32 Å². The van der Waals surface area contributed by atoms with Crippen LogP contribution in [-0.2, 0) is 16.3 Å². The summed E-state index contributed by atoms with van der Waals surface area (Å²) in [5.74, 6) is 0.265. The molecule has 4 nitrogen and oxygen atoms in total. The Bertz CT molecular complexity index is 417. The zero-order valence-corrected chi connectivity index (χ0v) is 11.2. The zero-order chi connectivity index (χ0) is 12.7. The lowest BCUT2D eigenvalue weighted by molar-refractivity contribution is 0.511. The minimum atomic E-state index is -2.84. The van der Waals surface area contributed by atoms with Crippen molar-refractivity contribution in [2.45, 2.75) is 25.3 Å². The summed E-state index contributed by atoms with van der Waals surface area (Å²) in [4.78, 5) is 3.97. The lowest BCUT2D eigenvalue weighted by atomic mass is 10.0. The van der Waals surface area contributed by atoms with Gasteiger partial charge in [-0.15, -0.1) is 0 Å². The molecular formula is C12H20N2O2S. The van der Waals surface area contributed by atoms with E-state index in [1.165, 1.54) is 11.8 Å². The van der Waals surface area contributed by atoms with Crippen LogP contribution in [-0.4, -0.2) is 38.5 Å². The second kappa shape index (κ2) is 6.71. The number of pyridine rings is 1. The summed E-state index contributed by atoms with van der Waals surface area (Å²) in [7, 11) is -0.930. The van der Waals surface area contributed by atoms with Crippen molar-refractivity contribution in [2.75, 3.05) is 19.1 Å². The second-order valence-electron chi connectivity index (χ2n) is 4.32. The molecule has 0 aliphatic rings. The summed E-state index contributed by atoms with van der Waals surface area (Å²) in [6.07, 6.45) is 7.31. The quantitative estimate of drug-likeness (QED) is 0.792. The van der Waals surface area contributed by atoms with Gasteiger partial charge in [0.2, 0.25) is 0 Å². The van der Waals surface area contributed by atoms with Crippen LogP contribution in [0.3, 0.4) is 0 Å². The Morgan fingerprint density at radius 2 is 2.00 bits per heavy atom. The Morgan fingerprint density at radius 1 is 1.35 bits per heavy atom. The molecule has 1 rings (SSSR count). The second-order valence-corrected chi connectivity index (χ2v) is 6.58. The Kier molecular flexibility index (Phi) is 5.58. The SMILES string of the molecule is CNC(CCCS(C)(=O)=O)Cc1ccncc1. The Labute approximate surface area is 103 Å². The van der Waals surface area contributed by atoms with Gasteiger partial charge in [-0.3, -0.25) is 4.98 Å². The first kappa shape index (κ1) is 14.1. The molecule has 1 unspecified atom stereocenters. The standard InChI is InChI=1S/C12H20N2O2S/c1-13-12(4-3-9-17(2,15)16)10-11-5-7-14-8-6-11/h5-8,12-13H,3-4,9-10H2,1-2H3. The minimum absolute atomic E-state index is 0.265. The third-order valence-electron chi connectivity index (χ3n) is 2.71. The molecular weight excluding hydrogens is 236 g/mol. The Morgan fingerprint density at radius 3 is 2.53 bits per heavy atom. The molecule has 0 aliphatic heterocycles. The van der Waals surface area contributed by atoms with Gasteiger partial charge in [-0.05, 0) is 44.0 Å². The lowest BCUT2D eigenvalue weighted by Gasteiger charge is -2.15. The van der Waals surface area contributed by atoms with Crippen LogP contribution in [0.2, 0.25) is 0 Å². The molecule has 1 atom stereocenters. The number of hydrogen-bond donors (Lipinski definition) is 1. The van der Waals surface area contributed by atoms with Crippen LogP contribution in [0.4, 0.5) is 0 Å². The van der Waals surface area contributed by atoms with Crippen LogP contribution >= 0.6 is 0 Å². The molecule has 0 aromatic carbocycles. The molecule has 0 radical (unpaired) electrons. The third kappa shape index (κ3) is 6.38. The highest BCUT2D eigenvalue weighted by molar-refractivity contribution is 7.90. The third-order valence-corrected chi connectivity index (χ3v) is 3.74. The fraction of sp³-hybridized carbons (Fsp3) is 0.583. The van der Waals surface area contributed by atoms with Crippen molar-refractivity contribution in [2.24, 2.45) is 0 Å². The van der Waals surface area contributed by atoms with Gasteiger partial charge in [0.05, 0.1) is 0 Å². The normalized spacial score (nSPS) is 13.5. The van der Waals surface area contributed by atoms with Crippen molar-refractivity contribution in [3.8, 4) is 0 Å². The summed E-state index contributed by atoms with van der Waals surface area (Å²) >= 11 is 0. The average Bonchev–Trinajstić information content (AvgIpc) is 2.27. The first-order valence-corrected chi connectivity index (χ1v) is 7.81. The first-order valence-electron chi connectivity index (χ1n) is 5.75. The maximum Gasteiger partial charge on any atom is 0.147 e. The van der Waals surface area contributed by atoms with Crippen molar-refractivity contribution in [1.82, 2.24) is 10.3 Å². The van der Waals surface area contributed by atoms with Crippen molar-refractivity contribution in [3.63, 3.8) is 0 Å². The largest absolute Gasteiger partial charge is 0.317 e. The highest BCUT2D eigenvalue weighted by Crippen LogP contribution is 2.07. The van der Waals surface area contributed by atoms with E-state index in [9.17, 15) is 8.42 Å². The van der Waals surface area contributed by atoms with E-state index < -0.39 is 9.84 Å². The van der Waals surface area contributed by atoms with E-state index in [1.807, 2.05) is 19.2 Å². The molecule has 17 heavy (non-hydrogen) atoms. The fourth-order valence-electron chi connectivity index (χ4n) is 1.74. The van der Waals surface area contributed by atoms with Crippen LogP contribution in [0.15, 0.2) is 24.5 Å². The molecule has 0 fully saturated rings. The molecule has 0 amide bonds. The monoisotopic (exact) mass is 256 g/mol. The van der Waals surface area contributed by atoms with E-state index in [2.05, 4.69) is 10.3 Å². The number of likely N-dealkylation sites (N-methyl/N-ethyl adjacent to an activating group) is 1. The van der Waals surface area contributed by atoms with Gasteiger partial charge in [-0.2, -0.15) is 0 Å². The van der Waals surface area contributed by atoms with Crippen LogP contribution in [0.1, 0.15) is 18.4 Å². The van der Waals surface area contributed by atoms with Gasteiger partial charge in [0.15, 0.2) is 0 Å². The maximum atomic E-state index is 11.0. The van der Waals surface area contributed by atoms with Crippen molar-refractivity contribution in [3.05, 3.63) is 30.1 Å². The van der Waals surface area contributed by atoms with E-state index >= 15 is 0 Å². The zero-order valence-electron chi connectivity index (χ0n) is 10.4. The molecule has 0 bridgehead atoms. The lowest BCUT2D eigenvalue weighted by Crippen LogP contribution is -2.28. The van der Waals surface area contributed by atoms with Crippen LogP contribution in [0.5, 0.6) is 0 Å². The van der Waals surface area contributed by atoms with E-state index in [0.29, 0.717) is 12.5 Å². The van der Waals surface area contributed by atoms with Gasteiger partial charge in [-0.1, -0.05) is 0 Å². The molecule has 1 heterocycles. The van der Waals surface area contributed by atoms with Gasteiger partial charge in [0.25, 0.3) is 0 Å². The van der Waals surface area contributed by atoms with Gasteiger partial charge in [-0.25, -0.2) is 8.42 Å². The number of nitrogens with zero attached hydrogens (tertiary/aromatic N) is 1. The number of rotatable bonds is 7. The maximum absolute atomic E-state index is 11.0. The van der Waals surface area contributed by atoms with Gasteiger partial charge in [0.1, 0.15) is 9.84 Å². The summed E-state index contributed by atoms with van der Waals surface area (Å²) in [6, 6.07) is 4.29. The van der Waals surface area contributed by atoms with Crippen LogP contribution in [0, 0.1) is 0 Å². The molecule has 1 aromatic rings. The first-order chi connectivity index (χ1) is 8.01. The van der Waals surface area contributed by atoms with Gasteiger partial charge in [0, 0.05) is 30.4 Å². The Hall–Kier alpha value is -0.940. The van der Waals surface area contributed by atoms with Gasteiger partial charge >= 0.3 is 0 Å². The van der Waals surface area contributed by atoms with E-state index in [1.54, 1.807) is 12.4 Å². The average molecular weight is 256 g/mol. The highest BCUT2D eigenvalue weighted by Gasteiger charge is 2.09. The highest BCUT2D eigenvalue weighted by atomic mass is 32.2. The molecule has 1 N–H and O–H groups in total. The number of nitrogens with one attached hydrogen (secondary N) is 1. The molecule has 5 heteroatoms. The summed E-state index contributed by atoms with van der Waals surface area (Å²) in [6.45, 7) is 0. The molecule has 0 spiro atoms. The predicted molar refractivity (Wildman–Crippen MR) is 69.7 cm³/mol. The van der Waals surface area contributed by atoms with Gasteiger partial charge < -0.3 is 5.32 Å². The van der Waals surface area contributed by atoms with E-state index in [4.69, 9.17) is 0 Å². The molecule has 1 aromatic heterocycles. The topological polar surface area (TPSA) is 59.1 Å². The number of sulfone groups is 1. The molecule has 0 saturated carbocycles. The summed E-state index contributed by atoms with van der Waals surface area (Å²) in [5, 5.41) is 3.22. The van der Waals surface area contributed by atoms with Crippen molar-refractivity contribution >= 4 is 9.84 Å². The summed E-state index contributed by atoms with van der Waals surface area (Å²) < 4.78 is 22.1. The molecule has 0 saturated heterocycles. The van der Waals surface area contributed by atoms with Crippen LogP contribution in [0.25, 0.3) is 0 Å². The smallest absolute Gasteiger partial charge is 0.147 e. The van der Waals surface area contributed by atoms with E-state index in [0.717, 1.165) is 12.8 Å². The van der Waals surface area contributed by atoms with Crippen molar-refractivity contribution in [1.29, 1.82) is 0 Å².